The van der Waals surface area contributed by atoms with E-state index < -0.39 is 18.1 Å². The molecule has 8 heteroatoms. The first-order valence-electron chi connectivity index (χ1n) is 12.1. The Labute approximate surface area is 202 Å². The number of carboxylic acid groups (broad SMARTS) is 1. The number of carbonyl (C=O) groups excluding carboxylic acids is 3. The van der Waals surface area contributed by atoms with E-state index in [1.807, 2.05) is 45.0 Å². The molecule has 0 aliphatic carbocycles. The third kappa shape index (κ3) is 10.9. The highest BCUT2D eigenvalue weighted by Crippen LogP contribution is 2.18. The third-order valence-corrected chi connectivity index (χ3v) is 6.06. The minimum absolute atomic E-state index is 0.0564. The number of Topliss-reactive ketones (excluding diaryl/α,β-unsaturated/α-hetero) is 1. The molecule has 6 N–H and O–H groups in total. The zero-order chi connectivity index (χ0) is 25.8. The monoisotopic (exact) mass is 475 g/mol. The first kappa shape index (κ1) is 29.3. The minimum atomic E-state index is -0.786. The lowest BCUT2D eigenvalue weighted by atomic mass is 9.91. The van der Waals surface area contributed by atoms with Gasteiger partial charge < -0.3 is 21.9 Å². The van der Waals surface area contributed by atoms with Crippen LogP contribution in [0, 0.1) is 17.8 Å². The second-order valence-electron chi connectivity index (χ2n) is 9.79. The van der Waals surface area contributed by atoms with Crippen molar-refractivity contribution in [2.45, 2.75) is 84.7 Å². The van der Waals surface area contributed by atoms with Gasteiger partial charge in [-0.15, -0.1) is 0 Å². The number of ketones is 1. The summed E-state index contributed by atoms with van der Waals surface area (Å²) >= 11 is 0. The van der Waals surface area contributed by atoms with Gasteiger partial charge in [0.1, 0.15) is 0 Å². The number of nitrogens with two attached hydrogens (primary N) is 2. The van der Waals surface area contributed by atoms with Crippen molar-refractivity contribution in [3.63, 3.8) is 0 Å². The van der Waals surface area contributed by atoms with Crippen LogP contribution < -0.4 is 16.8 Å². The molecule has 0 saturated heterocycles. The Balaban J connectivity index is 2.76. The smallest absolute Gasteiger partial charge is 0.306 e. The molecule has 1 rings (SSSR count). The van der Waals surface area contributed by atoms with Gasteiger partial charge in [-0.2, -0.15) is 0 Å². The molecule has 1 aromatic rings. The summed E-state index contributed by atoms with van der Waals surface area (Å²) in [6, 6.07) is 6.33. The van der Waals surface area contributed by atoms with E-state index in [1.165, 1.54) is 0 Å². The van der Waals surface area contributed by atoms with E-state index in [0.717, 1.165) is 17.5 Å². The van der Waals surface area contributed by atoms with Crippen LogP contribution in [0.2, 0.25) is 0 Å². The van der Waals surface area contributed by atoms with Crippen molar-refractivity contribution in [2.24, 2.45) is 29.2 Å². The summed E-state index contributed by atoms with van der Waals surface area (Å²) in [5.74, 6) is -1.86. The summed E-state index contributed by atoms with van der Waals surface area (Å²) < 4.78 is 0. The van der Waals surface area contributed by atoms with Crippen molar-refractivity contribution >= 4 is 23.6 Å². The second-order valence-corrected chi connectivity index (χ2v) is 9.79. The molecule has 190 valence electrons. The number of primary amides is 1. The maximum atomic E-state index is 13.0. The lowest BCUT2D eigenvalue weighted by Gasteiger charge is -2.22. The average Bonchev–Trinajstić information content (AvgIpc) is 2.75. The Morgan fingerprint density at radius 3 is 2.09 bits per heavy atom. The summed E-state index contributed by atoms with van der Waals surface area (Å²) in [5, 5.41) is 11.9. The molecular formula is C26H41N3O5. The van der Waals surface area contributed by atoms with Gasteiger partial charge in [-0.25, -0.2) is 0 Å². The molecule has 0 radical (unpaired) electrons. The summed E-state index contributed by atoms with van der Waals surface area (Å²) in [7, 11) is 0. The number of unbranched alkanes of at least 4 members (excludes halogenated alkanes) is 1. The van der Waals surface area contributed by atoms with Crippen LogP contribution in [-0.2, 0) is 32.0 Å². The molecule has 0 unspecified atom stereocenters. The number of benzene rings is 1. The average molecular weight is 476 g/mol. The Kier molecular flexibility index (Phi) is 12.5. The van der Waals surface area contributed by atoms with Crippen LogP contribution in [0.4, 0.5) is 0 Å². The number of rotatable bonds is 16. The molecule has 0 aromatic heterocycles. The Morgan fingerprint density at radius 1 is 0.971 bits per heavy atom. The van der Waals surface area contributed by atoms with E-state index in [0.29, 0.717) is 25.7 Å². The number of hydrogen-bond donors (Lipinski definition) is 4. The summed E-state index contributed by atoms with van der Waals surface area (Å²) in [5.41, 5.74) is 13.0. The molecule has 0 spiro atoms. The SMILES string of the molecule is CC(C)[C@H](N)C(=O)N[C@@H](CCCCC(N)=O)C(=O)Cc1ccc(C[C@H](C)C[C@H](C)C(=O)O)cc1. The van der Waals surface area contributed by atoms with Crippen molar-refractivity contribution in [3.8, 4) is 0 Å². The van der Waals surface area contributed by atoms with Crippen LogP contribution in [0.5, 0.6) is 0 Å². The predicted molar refractivity (Wildman–Crippen MR) is 132 cm³/mol. The number of carbonyl (C=O) groups is 4. The number of amides is 2. The zero-order valence-corrected chi connectivity index (χ0v) is 20.9. The van der Waals surface area contributed by atoms with Crippen LogP contribution in [-0.4, -0.2) is 40.8 Å². The summed E-state index contributed by atoms with van der Waals surface area (Å²) in [6.45, 7) is 7.44. The molecule has 0 heterocycles. The predicted octanol–water partition coefficient (Wildman–Crippen LogP) is 2.60. The summed E-state index contributed by atoms with van der Waals surface area (Å²) in [6.07, 6.45) is 3.33. The van der Waals surface area contributed by atoms with Crippen molar-refractivity contribution in [1.29, 1.82) is 0 Å². The van der Waals surface area contributed by atoms with Crippen LogP contribution in [0.25, 0.3) is 0 Å². The molecule has 0 saturated carbocycles. The van der Waals surface area contributed by atoms with E-state index in [4.69, 9.17) is 16.6 Å². The van der Waals surface area contributed by atoms with Gasteiger partial charge in [-0.1, -0.05) is 58.4 Å². The van der Waals surface area contributed by atoms with E-state index in [9.17, 15) is 19.2 Å². The Morgan fingerprint density at radius 2 is 1.56 bits per heavy atom. The van der Waals surface area contributed by atoms with Gasteiger partial charge in [0.2, 0.25) is 11.8 Å². The van der Waals surface area contributed by atoms with Gasteiger partial charge in [0.25, 0.3) is 0 Å². The van der Waals surface area contributed by atoms with Gasteiger partial charge >= 0.3 is 5.97 Å². The van der Waals surface area contributed by atoms with Crippen molar-refractivity contribution in [3.05, 3.63) is 35.4 Å². The van der Waals surface area contributed by atoms with Crippen molar-refractivity contribution in [2.75, 3.05) is 0 Å². The molecular weight excluding hydrogens is 434 g/mol. The first-order valence-corrected chi connectivity index (χ1v) is 12.1. The van der Waals surface area contributed by atoms with E-state index in [1.54, 1.807) is 6.92 Å². The largest absolute Gasteiger partial charge is 0.481 e. The van der Waals surface area contributed by atoms with Crippen molar-refractivity contribution in [1.82, 2.24) is 5.32 Å². The minimum Gasteiger partial charge on any atom is -0.481 e. The maximum absolute atomic E-state index is 13.0. The van der Waals surface area contributed by atoms with Crippen molar-refractivity contribution < 1.29 is 24.3 Å². The second kappa shape index (κ2) is 14.5. The molecule has 34 heavy (non-hydrogen) atoms. The fourth-order valence-corrected chi connectivity index (χ4v) is 3.84. The number of aliphatic carboxylic acids is 1. The molecule has 0 bridgehead atoms. The van der Waals surface area contributed by atoms with E-state index >= 15 is 0 Å². The standard InChI is InChI=1S/C26H41N3O5/c1-16(2)24(28)25(32)29-21(7-5-6-8-23(27)31)22(30)15-20-11-9-19(10-12-20)14-17(3)13-18(4)26(33)34/h9-12,16-18,21,24H,5-8,13-15,28H2,1-4H3,(H2,27,31)(H,29,32)(H,33,34)/t17-,18+,21+,24+/m1/s1. The lowest BCUT2D eigenvalue weighted by molar-refractivity contribution is -0.141. The Bertz CT molecular complexity index is 822. The van der Waals surface area contributed by atoms with Gasteiger partial charge in [0.05, 0.1) is 18.0 Å². The molecule has 0 aliphatic heterocycles. The van der Waals surface area contributed by atoms with Gasteiger partial charge in [-0.3, -0.25) is 19.2 Å². The molecule has 1 aromatic carbocycles. The fraction of sp³-hybridized carbons (Fsp3) is 0.615. The van der Waals surface area contributed by atoms with Gasteiger partial charge in [0.15, 0.2) is 5.78 Å². The highest BCUT2D eigenvalue weighted by atomic mass is 16.4. The highest BCUT2D eigenvalue weighted by molar-refractivity contribution is 5.92. The number of carboxylic acids is 1. The normalized spacial score (nSPS) is 14.8. The maximum Gasteiger partial charge on any atom is 0.306 e. The number of hydrogen-bond acceptors (Lipinski definition) is 5. The van der Waals surface area contributed by atoms with Crippen LogP contribution in [0.15, 0.2) is 24.3 Å². The molecule has 0 aliphatic rings. The van der Waals surface area contributed by atoms with Crippen LogP contribution in [0.1, 0.15) is 70.9 Å². The zero-order valence-electron chi connectivity index (χ0n) is 20.9. The van der Waals surface area contributed by atoms with E-state index in [-0.39, 0.29) is 48.2 Å². The Hall–Kier alpha value is -2.74. The third-order valence-electron chi connectivity index (χ3n) is 6.06. The molecule has 0 fully saturated rings. The molecule has 4 atom stereocenters. The highest BCUT2D eigenvalue weighted by Gasteiger charge is 2.25. The first-order chi connectivity index (χ1) is 15.9. The van der Waals surface area contributed by atoms with Crippen LogP contribution in [0.3, 0.4) is 0 Å². The van der Waals surface area contributed by atoms with E-state index in [2.05, 4.69) is 5.32 Å². The van der Waals surface area contributed by atoms with Crippen LogP contribution >= 0.6 is 0 Å². The number of nitrogens with one attached hydrogen (secondary N) is 1. The quantitative estimate of drug-likeness (QED) is 0.270. The lowest BCUT2D eigenvalue weighted by Crippen LogP contribution is -2.50. The molecule has 8 nitrogen and oxygen atoms in total. The molecule has 2 amide bonds. The summed E-state index contributed by atoms with van der Waals surface area (Å²) in [4.78, 5) is 47.5. The fourth-order valence-electron chi connectivity index (χ4n) is 3.84. The topological polar surface area (TPSA) is 153 Å². The van der Waals surface area contributed by atoms with Gasteiger partial charge in [0, 0.05) is 12.8 Å². The van der Waals surface area contributed by atoms with Gasteiger partial charge in [-0.05, 0) is 48.6 Å².